The minimum absolute atomic E-state index is 0.181. The molecule has 0 fully saturated rings. The second kappa shape index (κ2) is 17.5. The molecule has 0 aliphatic heterocycles. The Bertz CT molecular complexity index is 1930. The number of rotatable bonds is 10. The van der Waals surface area contributed by atoms with Gasteiger partial charge in [0.2, 0.25) is 0 Å². The Morgan fingerprint density at radius 2 is 0.745 bits per heavy atom. The number of nitrogens with zero attached hydrogens (tertiary/aromatic N) is 2. The molecule has 0 radical (unpaired) electrons. The largest absolute Gasteiger partial charge is 0.243 e. The maximum atomic E-state index is 12.3. The fraction of sp³-hybridized carbons (Fsp3) is 0.290. The van der Waals surface area contributed by atoms with Gasteiger partial charge in [0, 0.05) is 23.5 Å². The van der Waals surface area contributed by atoms with Crippen LogP contribution in [0.1, 0.15) is 27.7 Å². The quantitative estimate of drug-likeness (QED) is 0.173. The third kappa shape index (κ3) is 10.6. The number of halogens is 2. The smallest absolute Gasteiger partial charge is 0.196 e. The SMILES string of the molecule is CCS(=O)(=O)c1cc(-c2ccccc2)cnc1S(=O)(=O)CC.CCS(=O)(=O)c1cc(-c2ccccc2)cnc1S(=O)(=O)CC.ClCCl. The predicted molar refractivity (Wildman–Crippen MR) is 187 cm³/mol. The van der Waals surface area contributed by atoms with Crippen LogP contribution in [0, 0.1) is 0 Å². The first kappa shape index (κ1) is 40.3. The number of hydrogen-bond donors (Lipinski definition) is 0. The van der Waals surface area contributed by atoms with Crippen LogP contribution in [0.4, 0.5) is 0 Å². The molecule has 0 atom stereocenters. The van der Waals surface area contributed by atoms with Crippen molar-refractivity contribution in [3.63, 3.8) is 0 Å². The molecule has 256 valence electrons. The molecule has 0 bridgehead atoms. The summed E-state index contributed by atoms with van der Waals surface area (Å²) in [7, 11) is -14.8. The lowest BCUT2D eigenvalue weighted by Gasteiger charge is -2.10. The zero-order chi connectivity index (χ0) is 35.5. The van der Waals surface area contributed by atoms with Crippen molar-refractivity contribution in [3.05, 3.63) is 85.2 Å². The number of hydrogen-bond acceptors (Lipinski definition) is 10. The van der Waals surface area contributed by atoms with Crippen LogP contribution in [0.25, 0.3) is 22.3 Å². The molecule has 0 amide bonds. The van der Waals surface area contributed by atoms with E-state index in [0.29, 0.717) is 11.1 Å². The van der Waals surface area contributed by atoms with E-state index in [1.807, 2.05) is 60.7 Å². The van der Waals surface area contributed by atoms with Gasteiger partial charge in [-0.05, 0) is 23.3 Å². The Labute approximate surface area is 287 Å². The minimum atomic E-state index is -3.71. The molecule has 0 N–H and O–H groups in total. The summed E-state index contributed by atoms with van der Waals surface area (Å²) in [5.74, 6) is -0.758. The standard InChI is InChI=1S/2C15H17NO4S2.CH2Cl2/c2*1-3-21(17,18)14-10-13(12-8-6-5-7-9-12)11-16-15(14)22(19,20)4-2;2-1-3/h2*5-11H,3-4H2,1-2H3;1H2. The van der Waals surface area contributed by atoms with Gasteiger partial charge in [0.1, 0.15) is 9.79 Å². The van der Waals surface area contributed by atoms with Crippen molar-refractivity contribution >= 4 is 62.6 Å². The van der Waals surface area contributed by atoms with E-state index < -0.39 is 39.3 Å². The maximum absolute atomic E-state index is 12.3. The van der Waals surface area contributed by atoms with Gasteiger partial charge in [-0.15, -0.1) is 23.2 Å². The maximum Gasteiger partial charge on any atom is 0.196 e. The molecule has 4 rings (SSSR count). The lowest BCUT2D eigenvalue weighted by Crippen LogP contribution is -2.15. The summed E-state index contributed by atoms with van der Waals surface area (Å²) in [5, 5.41) is -0.534. The molecule has 0 saturated heterocycles. The van der Waals surface area contributed by atoms with Crippen molar-refractivity contribution in [1.29, 1.82) is 0 Å². The summed E-state index contributed by atoms with van der Waals surface area (Å²) in [6.45, 7) is 5.88. The average molecular weight is 764 g/mol. The number of sulfone groups is 4. The van der Waals surface area contributed by atoms with Crippen molar-refractivity contribution < 1.29 is 33.7 Å². The van der Waals surface area contributed by atoms with Crippen LogP contribution in [0.2, 0.25) is 0 Å². The van der Waals surface area contributed by atoms with Crippen LogP contribution >= 0.6 is 23.2 Å². The molecule has 0 aliphatic carbocycles. The van der Waals surface area contributed by atoms with Gasteiger partial charge in [0.25, 0.3) is 0 Å². The van der Waals surface area contributed by atoms with Gasteiger partial charge in [-0.2, -0.15) is 0 Å². The second-order valence-corrected chi connectivity index (χ2v) is 19.2. The van der Waals surface area contributed by atoms with Crippen LogP contribution < -0.4 is 0 Å². The fourth-order valence-electron chi connectivity index (χ4n) is 3.94. The highest BCUT2D eigenvalue weighted by molar-refractivity contribution is 7.95. The Balaban J connectivity index is 0.000000302. The third-order valence-corrected chi connectivity index (χ3v) is 13.7. The lowest BCUT2D eigenvalue weighted by molar-refractivity contribution is 0.579. The van der Waals surface area contributed by atoms with E-state index in [-0.39, 0.29) is 48.2 Å². The zero-order valence-electron chi connectivity index (χ0n) is 26.2. The predicted octanol–water partition coefficient (Wildman–Crippen LogP) is 6.09. The lowest BCUT2D eigenvalue weighted by atomic mass is 10.1. The van der Waals surface area contributed by atoms with E-state index in [1.54, 1.807) is 0 Å². The summed E-state index contributed by atoms with van der Waals surface area (Å²) >= 11 is 9.53. The molecule has 2 heterocycles. The van der Waals surface area contributed by atoms with E-state index in [2.05, 4.69) is 9.97 Å². The van der Waals surface area contributed by atoms with Gasteiger partial charge in [-0.25, -0.2) is 43.6 Å². The highest BCUT2D eigenvalue weighted by Crippen LogP contribution is 2.28. The number of pyridine rings is 2. The first-order chi connectivity index (χ1) is 22.0. The molecule has 0 saturated carbocycles. The average Bonchev–Trinajstić information content (AvgIpc) is 3.09. The zero-order valence-corrected chi connectivity index (χ0v) is 30.9. The molecule has 0 spiro atoms. The van der Waals surface area contributed by atoms with E-state index in [4.69, 9.17) is 23.2 Å². The van der Waals surface area contributed by atoms with Crippen LogP contribution in [0.15, 0.2) is 105 Å². The van der Waals surface area contributed by atoms with Crippen LogP contribution in [0.5, 0.6) is 0 Å². The highest BCUT2D eigenvalue weighted by atomic mass is 35.5. The Hall–Kier alpha value is -2.88. The molecular weight excluding hydrogens is 728 g/mol. The third-order valence-electron chi connectivity index (χ3n) is 6.63. The summed E-state index contributed by atoms with van der Waals surface area (Å²) in [6, 6.07) is 21.0. The molecule has 2 aromatic heterocycles. The number of aromatic nitrogens is 2. The highest BCUT2D eigenvalue weighted by Gasteiger charge is 2.28. The van der Waals surface area contributed by atoms with Crippen LogP contribution in [-0.2, 0) is 39.3 Å². The molecule has 2 aromatic carbocycles. The number of alkyl halides is 2. The van der Waals surface area contributed by atoms with Gasteiger partial charge in [0.05, 0.1) is 28.4 Å². The Morgan fingerprint density at radius 3 is 1.00 bits per heavy atom. The Kier molecular flexibility index (Phi) is 15.0. The van der Waals surface area contributed by atoms with Gasteiger partial charge >= 0.3 is 0 Å². The Morgan fingerprint density at radius 1 is 0.468 bits per heavy atom. The molecule has 0 unspecified atom stereocenters. The van der Waals surface area contributed by atoms with Crippen molar-refractivity contribution in [1.82, 2.24) is 9.97 Å². The van der Waals surface area contributed by atoms with Gasteiger partial charge in [-0.3, -0.25) is 0 Å². The van der Waals surface area contributed by atoms with Crippen LogP contribution in [0.3, 0.4) is 0 Å². The summed E-state index contributed by atoms with van der Waals surface area (Å²) in [4.78, 5) is 7.44. The van der Waals surface area contributed by atoms with Crippen molar-refractivity contribution in [3.8, 4) is 22.3 Å². The van der Waals surface area contributed by atoms with Gasteiger partial charge in [-0.1, -0.05) is 88.4 Å². The van der Waals surface area contributed by atoms with E-state index >= 15 is 0 Å². The minimum Gasteiger partial charge on any atom is -0.243 e. The molecular formula is C31H36Cl2N2O8S4. The number of benzene rings is 2. The van der Waals surface area contributed by atoms with Gasteiger partial charge < -0.3 is 0 Å². The second-order valence-electron chi connectivity index (χ2n) is 9.50. The molecule has 0 aliphatic rings. The molecule has 16 heteroatoms. The van der Waals surface area contributed by atoms with E-state index in [0.717, 1.165) is 11.1 Å². The van der Waals surface area contributed by atoms with E-state index in [9.17, 15) is 33.7 Å². The first-order valence-corrected chi connectivity index (χ1v) is 21.9. The topological polar surface area (TPSA) is 162 Å². The van der Waals surface area contributed by atoms with Crippen molar-refractivity contribution in [2.75, 3.05) is 28.4 Å². The molecule has 47 heavy (non-hydrogen) atoms. The summed E-state index contributed by atoms with van der Waals surface area (Å²) in [6.07, 6.45) is 2.79. The fourth-order valence-corrected chi connectivity index (χ4v) is 9.04. The van der Waals surface area contributed by atoms with Crippen molar-refractivity contribution in [2.45, 2.75) is 47.5 Å². The van der Waals surface area contributed by atoms with E-state index in [1.165, 1.54) is 52.2 Å². The monoisotopic (exact) mass is 762 g/mol. The normalized spacial score (nSPS) is 11.9. The van der Waals surface area contributed by atoms with Crippen LogP contribution in [-0.4, -0.2) is 72.0 Å². The summed E-state index contributed by atoms with van der Waals surface area (Å²) in [5.41, 5.74) is 2.70. The first-order valence-electron chi connectivity index (χ1n) is 14.2. The van der Waals surface area contributed by atoms with Gasteiger partial charge in [0.15, 0.2) is 49.4 Å². The summed E-state index contributed by atoms with van der Waals surface area (Å²) < 4.78 is 97.5. The van der Waals surface area contributed by atoms with Crippen molar-refractivity contribution in [2.24, 2.45) is 0 Å². The molecule has 10 nitrogen and oxygen atoms in total. The molecule has 4 aromatic rings.